The van der Waals surface area contributed by atoms with Crippen LogP contribution in [0.3, 0.4) is 0 Å². The second kappa shape index (κ2) is 11.6. The molecule has 5 aliphatic carbocycles. The Labute approximate surface area is 280 Å². The van der Waals surface area contributed by atoms with Crippen molar-refractivity contribution in [2.75, 3.05) is 13.2 Å². The van der Waals surface area contributed by atoms with Crippen LogP contribution < -0.4 is 4.46 Å². The molecule has 4 heteroatoms. The molecule has 45 heavy (non-hydrogen) atoms. The molecule has 0 spiro atoms. The summed E-state index contributed by atoms with van der Waals surface area (Å²) in [6, 6.07) is 10.9. The topological polar surface area (TPSA) is 35.5 Å². The summed E-state index contributed by atoms with van der Waals surface area (Å²) in [5.41, 5.74) is 2.23. The van der Waals surface area contributed by atoms with E-state index >= 15 is 0 Å². The Balaban J connectivity index is 1.20. The van der Waals surface area contributed by atoms with Crippen molar-refractivity contribution in [1.82, 2.24) is 0 Å². The van der Waals surface area contributed by atoms with Gasteiger partial charge in [-0.3, -0.25) is 0 Å². The molecule has 0 bridgehead atoms. The number of Topliss-reactive ketones (excluding diaryl/α,β-unsaturated/α-hetero) is 1. The van der Waals surface area contributed by atoms with Crippen molar-refractivity contribution in [2.45, 2.75) is 130 Å². The van der Waals surface area contributed by atoms with Gasteiger partial charge >= 0.3 is 251 Å². The van der Waals surface area contributed by atoms with E-state index in [1.165, 1.54) is 74.2 Å². The zero-order chi connectivity index (χ0) is 31.8. The molecule has 11 atom stereocenters. The van der Waals surface area contributed by atoms with Crippen LogP contribution in [-0.2, 0) is 14.3 Å². The van der Waals surface area contributed by atoms with Crippen molar-refractivity contribution in [1.29, 1.82) is 0 Å². The van der Waals surface area contributed by atoms with Crippen LogP contribution in [-0.4, -0.2) is 40.2 Å². The molecule has 1 heterocycles. The molecule has 6 aliphatic rings. The number of fused-ring (bicyclic) bond motifs is 7. The van der Waals surface area contributed by atoms with Crippen LogP contribution in [0.15, 0.2) is 42.5 Å². The van der Waals surface area contributed by atoms with Crippen molar-refractivity contribution in [3.8, 4) is 0 Å². The standard InChI is InChI=1S/C41H60O3Se/c1-27(2)29-18-21-41(26-44-34-15-11-12-24-43-34)23-22-39(6)30(35(29)41)16-17-33-38(5)25-31(45-28-13-9-8-10-14-28)36(42)37(3,4)32(38)19-20-40(33,39)7/h8-10,13-14,29-35H,1,11-12,15-26H2,2-7H3. The molecule has 3 nitrogen and oxygen atoms in total. The second-order valence-corrected chi connectivity index (χ2v) is 20.5. The quantitative estimate of drug-likeness (QED) is 0.222. The van der Waals surface area contributed by atoms with Crippen LogP contribution in [0.2, 0.25) is 4.82 Å². The number of ketones is 1. The first-order chi connectivity index (χ1) is 21.4. The molecule has 6 fully saturated rings. The average molecular weight is 680 g/mol. The molecule has 0 amide bonds. The van der Waals surface area contributed by atoms with Crippen molar-refractivity contribution >= 4 is 25.2 Å². The van der Waals surface area contributed by atoms with Crippen LogP contribution >= 0.6 is 0 Å². The summed E-state index contributed by atoms with van der Waals surface area (Å²) in [4.78, 5) is 14.4. The van der Waals surface area contributed by atoms with Gasteiger partial charge in [-0.2, -0.15) is 0 Å². The molecule has 1 saturated heterocycles. The predicted molar refractivity (Wildman–Crippen MR) is 184 cm³/mol. The summed E-state index contributed by atoms with van der Waals surface area (Å²) in [6.45, 7) is 21.4. The van der Waals surface area contributed by atoms with Crippen LogP contribution in [0.5, 0.6) is 0 Å². The van der Waals surface area contributed by atoms with E-state index in [4.69, 9.17) is 9.47 Å². The van der Waals surface area contributed by atoms with E-state index in [0.29, 0.717) is 40.3 Å². The summed E-state index contributed by atoms with van der Waals surface area (Å²) in [6.07, 6.45) is 14.8. The van der Waals surface area contributed by atoms with Gasteiger partial charge in [-0.25, -0.2) is 0 Å². The van der Waals surface area contributed by atoms with E-state index in [1.54, 1.807) is 0 Å². The number of hydrogen-bond donors (Lipinski definition) is 0. The molecule has 1 aromatic carbocycles. The summed E-state index contributed by atoms with van der Waals surface area (Å²) >= 11 is 0.184. The van der Waals surface area contributed by atoms with E-state index in [1.807, 2.05) is 0 Å². The third-order valence-electron chi connectivity index (χ3n) is 15.6. The number of benzene rings is 1. The van der Waals surface area contributed by atoms with Crippen LogP contribution in [0.25, 0.3) is 0 Å². The molecule has 1 aromatic rings. The maximum absolute atomic E-state index is 14.2. The maximum atomic E-state index is 14.2. The summed E-state index contributed by atoms with van der Waals surface area (Å²) in [7, 11) is 0. The average Bonchev–Trinajstić information content (AvgIpc) is 3.40. The van der Waals surface area contributed by atoms with Crippen molar-refractivity contribution in [3.63, 3.8) is 0 Å². The van der Waals surface area contributed by atoms with Gasteiger partial charge in [0.15, 0.2) is 0 Å². The number of hydrogen-bond acceptors (Lipinski definition) is 3. The van der Waals surface area contributed by atoms with Crippen LogP contribution in [0, 0.1) is 56.7 Å². The van der Waals surface area contributed by atoms with Gasteiger partial charge in [-0.15, -0.1) is 0 Å². The normalized spacial score (nSPS) is 47.2. The molecular weight excluding hydrogens is 619 g/mol. The SMILES string of the molecule is C=C(C)C1CCC2(COC3CCCCO3)CCC3(C)C(CCC4C5(C)CC([Se]c6ccccc6)C(=O)C(C)(C)C5CCC43C)C12. The molecule has 0 N–H and O–H groups in total. The van der Waals surface area contributed by atoms with E-state index in [-0.39, 0.29) is 42.3 Å². The number of allylic oxidation sites excluding steroid dienone is 1. The zero-order valence-electron chi connectivity index (χ0n) is 29.2. The molecule has 1 aliphatic heterocycles. The third-order valence-corrected chi connectivity index (χ3v) is 18.2. The summed E-state index contributed by atoms with van der Waals surface area (Å²) in [5, 5.41) is 0. The van der Waals surface area contributed by atoms with Gasteiger partial charge in [-0.1, -0.05) is 0 Å². The Hall–Kier alpha value is -0.931. The Morgan fingerprint density at radius 1 is 0.911 bits per heavy atom. The van der Waals surface area contributed by atoms with Crippen molar-refractivity contribution in [2.24, 2.45) is 56.7 Å². The number of carbonyl (C=O) groups excluding carboxylic acids is 1. The Morgan fingerprint density at radius 2 is 1.69 bits per heavy atom. The van der Waals surface area contributed by atoms with E-state index < -0.39 is 0 Å². The first-order valence-corrected chi connectivity index (χ1v) is 20.3. The van der Waals surface area contributed by atoms with E-state index in [2.05, 4.69) is 78.5 Å². The Kier molecular flexibility index (Phi) is 8.40. The van der Waals surface area contributed by atoms with Gasteiger partial charge in [0.25, 0.3) is 0 Å². The van der Waals surface area contributed by atoms with Gasteiger partial charge < -0.3 is 4.74 Å². The van der Waals surface area contributed by atoms with E-state index in [9.17, 15) is 4.79 Å². The fraction of sp³-hybridized carbons (Fsp3) is 0.780. The zero-order valence-corrected chi connectivity index (χ0v) is 30.9. The monoisotopic (exact) mass is 680 g/mol. The summed E-state index contributed by atoms with van der Waals surface area (Å²) < 4.78 is 14.2. The first kappa shape index (κ1) is 32.6. The van der Waals surface area contributed by atoms with Gasteiger partial charge in [0, 0.05) is 6.61 Å². The molecule has 7 rings (SSSR count). The number of ether oxygens (including phenoxy) is 2. The minimum absolute atomic E-state index is 0.00256. The number of carbonyl (C=O) groups is 1. The predicted octanol–water partition coefficient (Wildman–Crippen LogP) is 9.18. The molecule has 11 unspecified atom stereocenters. The fourth-order valence-corrected chi connectivity index (χ4v) is 16.5. The number of rotatable bonds is 6. The minimum atomic E-state index is -0.246. The van der Waals surface area contributed by atoms with Gasteiger partial charge in [0.1, 0.15) is 0 Å². The third kappa shape index (κ3) is 4.96. The Bertz CT molecular complexity index is 1280. The van der Waals surface area contributed by atoms with Crippen molar-refractivity contribution in [3.05, 3.63) is 42.5 Å². The van der Waals surface area contributed by atoms with Crippen molar-refractivity contribution < 1.29 is 14.3 Å². The molecular formula is C41H60O3Se. The van der Waals surface area contributed by atoms with Crippen LogP contribution in [0.4, 0.5) is 0 Å². The Morgan fingerprint density at radius 3 is 2.40 bits per heavy atom. The van der Waals surface area contributed by atoms with Gasteiger partial charge in [0.05, 0.1) is 0 Å². The first-order valence-electron chi connectivity index (χ1n) is 18.5. The van der Waals surface area contributed by atoms with Crippen LogP contribution in [0.1, 0.15) is 119 Å². The second-order valence-electron chi connectivity index (χ2n) is 17.9. The van der Waals surface area contributed by atoms with Gasteiger partial charge in [0.2, 0.25) is 0 Å². The molecule has 5 saturated carbocycles. The van der Waals surface area contributed by atoms with E-state index in [0.717, 1.165) is 32.0 Å². The molecule has 0 aromatic heterocycles. The fourth-order valence-electron chi connectivity index (χ4n) is 13.3. The molecule has 248 valence electrons. The van der Waals surface area contributed by atoms with Gasteiger partial charge in [-0.05, 0) is 19.3 Å². The molecule has 0 radical (unpaired) electrons. The summed E-state index contributed by atoms with van der Waals surface area (Å²) in [5.74, 6) is 3.71.